The van der Waals surface area contributed by atoms with Crippen molar-refractivity contribution in [1.82, 2.24) is 4.98 Å². The maximum Gasteiger partial charge on any atom is 0.504 e. The van der Waals surface area contributed by atoms with Gasteiger partial charge in [0.05, 0.1) is 0 Å². The maximum atomic E-state index is 12.6. The third kappa shape index (κ3) is 2.16. The molecule has 1 heterocycles. The molecule has 0 aliphatic heterocycles. The zero-order valence-corrected chi connectivity index (χ0v) is 7.01. The van der Waals surface area contributed by atoms with Crippen molar-refractivity contribution < 1.29 is 14.1 Å². The molecule has 0 spiro atoms. The molecule has 0 saturated carbocycles. The summed E-state index contributed by atoms with van der Waals surface area (Å²) in [6.45, 7) is 0. The Morgan fingerprint density at radius 2 is 2.45 bits per heavy atom. The highest BCUT2D eigenvalue weighted by Crippen LogP contribution is 2.18. The van der Waals surface area contributed by atoms with E-state index in [1.165, 1.54) is 12.3 Å². The molecule has 1 rings (SSSR count). The van der Waals surface area contributed by atoms with Crippen LogP contribution in [0.25, 0.3) is 0 Å². The molecule has 0 aliphatic rings. The van der Waals surface area contributed by atoms with Gasteiger partial charge in [-0.25, -0.2) is 4.98 Å². The van der Waals surface area contributed by atoms with Crippen molar-refractivity contribution in [3.8, 4) is 5.75 Å². The van der Waals surface area contributed by atoms with Crippen LogP contribution in [0.3, 0.4) is 0 Å². The predicted molar refractivity (Wildman–Crippen MR) is 41.9 cm³/mol. The Balaban J connectivity index is 2.93. The first-order valence-corrected chi connectivity index (χ1v) is 3.58. The van der Waals surface area contributed by atoms with Crippen LogP contribution in [0.4, 0.5) is 4.39 Å². The largest absolute Gasteiger partial charge is 0.536 e. The summed E-state index contributed by atoms with van der Waals surface area (Å²) in [5.74, 6) is -0.802. The summed E-state index contributed by atoms with van der Waals surface area (Å²) in [5.41, 5.74) is 0. The lowest BCUT2D eigenvalue weighted by atomic mass is 10.4. The Labute approximate surface area is 71.6 Å². The molecule has 0 aliphatic carbocycles. The molecule has 0 radical (unpaired) electrons. The fourth-order valence-corrected chi connectivity index (χ4v) is 0.885. The molecule has 6 heteroatoms. The van der Waals surface area contributed by atoms with Gasteiger partial charge in [-0.1, -0.05) is 0 Å². The summed E-state index contributed by atoms with van der Waals surface area (Å²) in [4.78, 5) is 3.35. The molecule has 0 bridgehead atoms. The summed E-state index contributed by atoms with van der Waals surface area (Å²) >= 11 is 3.08. The highest BCUT2D eigenvalue weighted by atomic mass is 79.9. The van der Waals surface area contributed by atoms with Crippen molar-refractivity contribution in [1.29, 1.82) is 0 Å². The van der Waals surface area contributed by atoms with Crippen LogP contribution in [-0.2, 0) is 0 Å². The zero-order chi connectivity index (χ0) is 8.27. The number of hydrogen-bond acceptors (Lipinski definition) is 3. The number of halogens is 2. The molecular weight excluding hydrogens is 216 g/mol. The van der Waals surface area contributed by atoms with Crippen LogP contribution >= 0.6 is 15.9 Å². The lowest BCUT2D eigenvalue weighted by Crippen LogP contribution is -2.02. The molecule has 0 amide bonds. The molecule has 11 heavy (non-hydrogen) atoms. The summed E-state index contributed by atoms with van der Waals surface area (Å²) in [5, 5.41) is 8.30. The van der Waals surface area contributed by atoms with Gasteiger partial charge in [-0.05, 0) is 22.0 Å². The van der Waals surface area contributed by atoms with Crippen LogP contribution in [0.5, 0.6) is 5.75 Å². The Bertz CT molecular complexity index is 260. The van der Waals surface area contributed by atoms with Crippen LogP contribution in [0.15, 0.2) is 16.7 Å². The fraction of sp³-hybridized carbons (Fsp3) is 0. The first-order chi connectivity index (χ1) is 5.24. The third-order valence-corrected chi connectivity index (χ3v) is 1.43. The van der Waals surface area contributed by atoms with E-state index in [1.54, 1.807) is 0 Å². The average molecular weight is 220 g/mol. The molecule has 0 saturated heterocycles. The molecule has 0 unspecified atom stereocenters. The van der Waals surface area contributed by atoms with E-state index < -0.39 is 13.6 Å². The van der Waals surface area contributed by atoms with Gasteiger partial charge in [0.15, 0.2) is 5.75 Å². The van der Waals surface area contributed by atoms with Crippen molar-refractivity contribution >= 4 is 23.6 Å². The van der Waals surface area contributed by atoms with Crippen LogP contribution < -0.4 is 4.65 Å². The van der Waals surface area contributed by atoms with E-state index in [2.05, 4.69) is 25.6 Å². The van der Waals surface area contributed by atoms with Crippen molar-refractivity contribution in [3.05, 3.63) is 22.7 Å². The summed E-state index contributed by atoms with van der Waals surface area (Å²) < 4.78 is 17.7. The Kier molecular flexibility index (Phi) is 2.84. The molecule has 0 fully saturated rings. The maximum absolute atomic E-state index is 12.6. The monoisotopic (exact) mass is 219 g/mol. The minimum atomic E-state index is -0.734. The van der Waals surface area contributed by atoms with Crippen molar-refractivity contribution in [2.24, 2.45) is 0 Å². The second-order valence-corrected chi connectivity index (χ2v) is 2.63. The van der Waals surface area contributed by atoms with E-state index in [9.17, 15) is 4.39 Å². The highest BCUT2D eigenvalue weighted by Gasteiger charge is 2.04. The van der Waals surface area contributed by atoms with Crippen LogP contribution in [-0.4, -0.2) is 17.7 Å². The molecule has 1 N–H and O–H groups in total. The smallest absolute Gasteiger partial charge is 0.504 e. The lowest BCUT2D eigenvalue weighted by molar-refractivity contribution is 0.423. The number of hydrogen-bond donors (Lipinski definition) is 1. The minimum Gasteiger partial charge on any atom is -0.536 e. The Morgan fingerprint density at radius 1 is 1.73 bits per heavy atom. The predicted octanol–water partition coefficient (Wildman–Crippen LogP) is 0.621. The quantitative estimate of drug-likeness (QED) is 0.586. The minimum absolute atomic E-state index is 0.0677. The van der Waals surface area contributed by atoms with E-state index in [0.717, 1.165) is 0 Å². The van der Waals surface area contributed by atoms with Gasteiger partial charge in [0.25, 0.3) is 5.95 Å². The number of aromatic nitrogens is 1. The number of rotatable bonds is 2. The molecule has 0 atom stereocenters. The van der Waals surface area contributed by atoms with Gasteiger partial charge in [-0.3, -0.25) is 0 Å². The molecular formula is C5H4BBrFNO2. The first kappa shape index (κ1) is 8.48. The van der Waals surface area contributed by atoms with E-state index in [4.69, 9.17) is 5.02 Å². The highest BCUT2D eigenvalue weighted by molar-refractivity contribution is 9.10. The van der Waals surface area contributed by atoms with Crippen LogP contribution in [0, 0.1) is 5.95 Å². The van der Waals surface area contributed by atoms with E-state index >= 15 is 0 Å². The molecule has 1 aromatic rings. The summed E-state index contributed by atoms with van der Waals surface area (Å²) in [6, 6.07) is 1.39. The molecule has 0 aromatic carbocycles. The Hall–Kier alpha value is -0.615. The van der Waals surface area contributed by atoms with Crippen molar-refractivity contribution in [2.75, 3.05) is 0 Å². The SMILES string of the molecule is OBOc1cc(Br)cnc1F. The van der Waals surface area contributed by atoms with Crippen molar-refractivity contribution in [2.45, 2.75) is 0 Å². The topological polar surface area (TPSA) is 42.4 Å². The summed E-state index contributed by atoms with van der Waals surface area (Å²) in [6.07, 6.45) is 1.31. The van der Waals surface area contributed by atoms with Gasteiger partial charge < -0.3 is 9.68 Å². The zero-order valence-electron chi connectivity index (χ0n) is 5.42. The molecule has 58 valence electrons. The Morgan fingerprint density at radius 3 is 3.09 bits per heavy atom. The van der Waals surface area contributed by atoms with Gasteiger partial charge in [-0.15, -0.1) is 0 Å². The third-order valence-electron chi connectivity index (χ3n) is 0.994. The van der Waals surface area contributed by atoms with Crippen LogP contribution in [0.1, 0.15) is 0 Å². The van der Waals surface area contributed by atoms with E-state index in [-0.39, 0.29) is 5.75 Å². The second-order valence-electron chi connectivity index (χ2n) is 1.72. The lowest BCUT2D eigenvalue weighted by Gasteiger charge is -2.01. The first-order valence-electron chi connectivity index (χ1n) is 2.78. The van der Waals surface area contributed by atoms with Gasteiger partial charge in [0, 0.05) is 10.7 Å². The summed E-state index contributed by atoms with van der Waals surface area (Å²) in [7, 11) is -0.560. The fourth-order valence-electron chi connectivity index (χ4n) is 0.575. The van der Waals surface area contributed by atoms with E-state index in [1.807, 2.05) is 0 Å². The van der Waals surface area contributed by atoms with Gasteiger partial charge >= 0.3 is 7.69 Å². The second kappa shape index (κ2) is 3.68. The van der Waals surface area contributed by atoms with Gasteiger partial charge in [0.1, 0.15) is 0 Å². The van der Waals surface area contributed by atoms with E-state index in [0.29, 0.717) is 4.47 Å². The van der Waals surface area contributed by atoms with Gasteiger partial charge in [-0.2, -0.15) is 4.39 Å². The number of nitrogens with zero attached hydrogens (tertiary/aromatic N) is 1. The average Bonchev–Trinajstić information content (AvgIpc) is 1.98. The number of pyridine rings is 1. The molecule has 3 nitrogen and oxygen atoms in total. The normalized spacial score (nSPS) is 9.36. The van der Waals surface area contributed by atoms with Crippen molar-refractivity contribution in [3.63, 3.8) is 0 Å². The van der Waals surface area contributed by atoms with Crippen LogP contribution in [0.2, 0.25) is 0 Å². The standard InChI is InChI=1S/C5H4BBrFNO2/c7-3-1-4(11-6-10)5(8)9-2-3/h1-2,6,10H. The molecule has 1 aromatic heterocycles. The van der Waals surface area contributed by atoms with Gasteiger partial charge in [0.2, 0.25) is 0 Å².